The van der Waals surface area contributed by atoms with Crippen molar-refractivity contribution in [1.29, 1.82) is 0 Å². The van der Waals surface area contributed by atoms with Gasteiger partial charge in [0.05, 0.1) is 17.3 Å². The summed E-state index contributed by atoms with van der Waals surface area (Å²) in [5.41, 5.74) is 1.38. The van der Waals surface area contributed by atoms with Gasteiger partial charge in [-0.1, -0.05) is 22.7 Å². The lowest BCUT2D eigenvalue weighted by atomic mass is 10.5. The molecule has 5 aromatic rings. The van der Waals surface area contributed by atoms with Gasteiger partial charge in [0.1, 0.15) is 10.0 Å². The summed E-state index contributed by atoms with van der Waals surface area (Å²) in [6.07, 6.45) is 0. The van der Waals surface area contributed by atoms with Gasteiger partial charge in [0.2, 0.25) is 0 Å². The highest BCUT2D eigenvalue weighted by atomic mass is 79.9. The highest BCUT2D eigenvalue weighted by molar-refractivity contribution is 9.11. The number of rotatable bonds is 2. The van der Waals surface area contributed by atoms with Crippen molar-refractivity contribution >= 4 is 98.2 Å². The van der Waals surface area contributed by atoms with Crippen LogP contribution in [-0.4, -0.2) is 19.9 Å². The predicted molar refractivity (Wildman–Crippen MR) is 110 cm³/mol. The molecule has 0 fully saturated rings. The summed E-state index contributed by atoms with van der Waals surface area (Å²) in [6.45, 7) is 0. The third-order valence-corrected chi connectivity index (χ3v) is 8.63. The zero-order valence-electron chi connectivity index (χ0n) is 11.5. The topological polar surface area (TPSA) is 51.6 Å². The van der Waals surface area contributed by atoms with Gasteiger partial charge in [-0.2, -0.15) is 0 Å². The number of thiophene rings is 2. The molecule has 0 aliphatic rings. The van der Waals surface area contributed by atoms with Crippen molar-refractivity contribution in [3.05, 3.63) is 31.8 Å². The van der Waals surface area contributed by atoms with Gasteiger partial charge in [-0.25, -0.2) is 19.9 Å². The van der Waals surface area contributed by atoms with Crippen LogP contribution in [0.1, 0.15) is 0 Å². The van der Waals surface area contributed by atoms with Crippen molar-refractivity contribution in [2.45, 2.75) is 0 Å². The van der Waals surface area contributed by atoms with E-state index in [0.29, 0.717) is 11.3 Å². The zero-order chi connectivity index (χ0) is 16.3. The van der Waals surface area contributed by atoms with Crippen molar-refractivity contribution in [1.82, 2.24) is 19.9 Å². The molecule has 5 rings (SSSR count). The third kappa shape index (κ3) is 2.65. The molecular formula is C14H4Br2N4S4. The molecule has 0 saturated heterocycles. The van der Waals surface area contributed by atoms with E-state index in [4.69, 9.17) is 0 Å². The molecule has 0 radical (unpaired) electrons. The Morgan fingerprint density at radius 2 is 1.04 bits per heavy atom. The number of halogens is 2. The Morgan fingerprint density at radius 1 is 0.583 bits per heavy atom. The maximum atomic E-state index is 4.66. The average molecular weight is 516 g/mol. The number of aromatic nitrogens is 4. The van der Waals surface area contributed by atoms with Crippen LogP contribution in [0.5, 0.6) is 0 Å². The fourth-order valence-corrected chi connectivity index (χ4v) is 6.80. The highest BCUT2D eigenvalue weighted by Gasteiger charge is 2.15. The minimum atomic E-state index is 0.689. The quantitative estimate of drug-likeness (QED) is 0.263. The van der Waals surface area contributed by atoms with Crippen LogP contribution in [0.4, 0.5) is 0 Å². The summed E-state index contributed by atoms with van der Waals surface area (Å²) in [5, 5.41) is 1.89. The van der Waals surface area contributed by atoms with Crippen LogP contribution in [0.15, 0.2) is 31.8 Å². The summed E-state index contributed by atoms with van der Waals surface area (Å²) >= 11 is 13.4. The molecule has 24 heavy (non-hydrogen) atoms. The fraction of sp³-hybridized carbons (Fsp3) is 0. The maximum absolute atomic E-state index is 4.66. The SMILES string of the molecule is Brc1ccc(-c2nc3nc4sc(-c5ccc(Br)s5)nc4nc3s2)s1. The summed E-state index contributed by atoms with van der Waals surface area (Å²) in [7, 11) is 0. The molecular weight excluding hydrogens is 512 g/mol. The van der Waals surface area contributed by atoms with E-state index in [0.717, 1.165) is 37.0 Å². The molecule has 4 nitrogen and oxygen atoms in total. The van der Waals surface area contributed by atoms with Gasteiger partial charge in [0, 0.05) is 0 Å². The van der Waals surface area contributed by atoms with Crippen molar-refractivity contribution in [3.8, 4) is 19.8 Å². The molecule has 0 N–H and O–H groups in total. The summed E-state index contributed by atoms with van der Waals surface area (Å²) in [5.74, 6) is 0. The van der Waals surface area contributed by atoms with Crippen molar-refractivity contribution < 1.29 is 0 Å². The van der Waals surface area contributed by atoms with Gasteiger partial charge < -0.3 is 0 Å². The van der Waals surface area contributed by atoms with Crippen LogP contribution >= 0.6 is 77.2 Å². The molecule has 5 heterocycles. The zero-order valence-corrected chi connectivity index (χ0v) is 17.9. The fourth-order valence-electron chi connectivity index (χ4n) is 2.16. The third-order valence-electron chi connectivity index (χ3n) is 3.17. The molecule has 0 saturated carbocycles. The summed E-state index contributed by atoms with van der Waals surface area (Å²) < 4.78 is 2.18. The van der Waals surface area contributed by atoms with Crippen LogP contribution in [0.2, 0.25) is 0 Å². The molecule has 10 heteroatoms. The van der Waals surface area contributed by atoms with Crippen LogP contribution in [-0.2, 0) is 0 Å². The molecule has 0 atom stereocenters. The van der Waals surface area contributed by atoms with E-state index >= 15 is 0 Å². The Hall–Kier alpha value is -0.780. The normalized spacial score (nSPS) is 11.8. The van der Waals surface area contributed by atoms with E-state index in [9.17, 15) is 0 Å². The van der Waals surface area contributed by atoms with E-state index in [1.165, 1.54) is 0 Å². The summed E-state index contributed by atoms with van der Waals surface area (Å²) in [6, 6.07) is 8.16. The average Bonchev–Trinajstić information content (AvgIpc) is 3.29. The Bertz CT molecular complexity index is 1060. The van der Waals surface area contributed by atoms with Gasteiger partial charge in [-0.05, 0) is 56.1 Å². The van der Waals surface area contributed by atoms with Gasteiger partial charge in [0.25, 0.3) is 0 Å². The molecule has 0 aliphatic heterocycles. The Kier molecular flexibility index (Phi) is 3.80. The second-order valence-electron chi connectivity index (χ2n) is 4.73. The first-order valence-corrected chi connectivity index (χ1v) is 11.5. The lowest BCUT2D eigenvalue weighted by molar-refractivity contribution is 1.32. The van der Waals surface area contributed by atoms with Crippen LogP contribution in [0.3, 0.4) is 0 Å². The molecule has 5 aromatic heterocycles. The van der Waals surface area contributed by atoms with Crippen molar-refractivity contribution in [2.75, 3.05) is 0 Å². The predicted octanol–water partition coefficient (Wildman–Crippen LogP) is 6.68. The van der Waals surface area contributed by atoms with Gasteiger partial charge in [-0.15, -0.1) is 22.7 Å². The molecule has 118 valence electrons. The highest BCUT2D eigenvalue weighted by Crippen LogP contribution is 2.38. The van der Waals surface area contributed by atoms with Gasteiger partial charge in [0.15, 0.2) is 21.0 Å². The van der Waals surface area contributed by atoms with E-state index < -0.39 is 0 Å². The van der Waals surface area contributed by atoms with E-state index in [1.807, 2.05) is 12.1 Å². The standard InChI is InChI=1S/C14H4Br2N4S4/c15-7-3-1-5(21-7)11-17-9-13(23-11)20-10-14(19-9)24-12(18-10)6-2-4-8(16)22-6/h1-4H. The monoisotopic (exact) mass is 514 g/mol. The second-order valence-corrected chi connectivity index (χ2v) is 11.6. The van der Waals surface area contributed by atoms with Crippen LogP contribution < -0.4 is 0 Å². The number of fused-ring (bicyclic) bond motifs is 2. The minimum Gasteiger partial charge on any atom is -0.214 e. The lowest BCUT2D eigenvalue weighted by Crippen LogP contribution is -1.81. The number of hydrogen-bond acceptors (Lipinski definition) is 8. The number of thiazole rings is 2. The summed E-state index contributed by atoms with van der Waals surface area (Å²) in [4.78, 5) is 22.5. The van der Waals surface area contributed by atoms with Gasteiger partial charge in [-0.3, -0.25) is 0 Å². The molecule has 0 amide bonds. The largest absolute Gasteiger partial charge is 0.214 e. The molecule has 0 aliphatic carbocycles. The first-order valence-electron chi connectivity index (χ1n) is 6.62. The lowest BCUT2D eigenvalue weighted by Gasteiger charge is -1.85. The van der Waals surface area contributed by atoms with E-state index in [1.54, 1.807) is 45.3 Å². The molecule has 0 bridgehead atoms. The molecule has 0 aromatic carbocycles. The Labute approximate surface area is 168 Å². The second kappa shape index (κ2) is 5.89. The van der Waals surface area contributed by atoms with E-state index in [-0.39, 0.29) is 0 Å². The maximum Gasteiger partial charge on any atom is 0.191 e. The number of hydrogen-bond donors (Lipinski definition) is 0. The van der Waals surface area contributed by atoms with Crippen molar-refractivity contribution in [3.63, 3.8) is 0 Å². The molecule has 0 spiro atoms. The molecule has 0 unspecified atom stereocenters. The van der Waals surface area contributed by atoms with Crippen molar-refractivity contribution in [2.24, 2.45) is 0 Å². The Balaban J connectivity index is 1.64. The van der Waals surface area contributed by atoms with Gasteiger partial charge >= 0.3 is 0 Å². The Morgan fingerprint density at radius 3 is 1.42 bits per heavy atom. The first-order chi connectivity index (χ1) is 11.7. The number of nitrogens with zero attached hydrogens (tertiary/aromatic N) is 4. The minimum absolute atomic E-state index is 0.689. The smallest absolute Gasteiger partial charge is 0.191 e. The first kappa shape index (κ1) is 15.5. The van der Waals surface area contributed by atoms with Crippen LogP contribution in [0.25, 0.3) is 40.7 Å². The van der Waals surface area contributed by atoms with E-state index in [2.05, 4.69) is 63.9 Å². The van der Waals surface area contributed by atoms with Crippen LogP contribution in [0, 0.1) is 0 Å².